The average molecular weight is 392 g/mol. The molecule has 0 atom stereocenters. The summed E-state index contributed by atoms with van der Waals surface area (Å²) in [6.45, 7) is 5.52. The molecule has 150 valence electrons. The zero-order chi connectivity index (χ0) is 21.1. The molecule has 0 unspecified atom stereocenters. The van der Waals surface area contributed by atoms with Gasteiger partial charge in [-0.3, -0.25) is 14.4 Å². The highest BCUT2D eigenvalue weighted by molar-refractivity contribution is 5.95. The van der Waals surface area contributed by atoms with Crippen LogP contribution in [0.3, 0.4) is 0 Å². The summed E-state index contributed by atoms with van der Waals surface area (Å²) < 4.78 is 1.12. The van der Waals surface area contributed by atoms with E-state index in [9.17, 15) is 14.4 Å². The third kappa shape index (κ3) is 4.51. The molecule has 7 heteroatoms. The molecule has 2 aromatic carbocycles. The Morgan fingerprint density at radius 1 is 1.10 bits per heavy atom. The molecule has 0 spiro atoms. The molecule has 0 aliphatic rings. The van der Waals surface area contributed by atoms with Gasteiger partial charge in [-0.2, -0.15) is 5.10 Å². The maximum absolute atomic E-state index is 12.5. The second kappa shape index (κ2) is 8.26. The highest BCUT2D eigenvalue weighted by atomic mass is 16.2. The number of fused-ring (bicyclic) bond motifs is 1. The van der Waals surface area contributed by atoms with Gasteiger partial charge < -0.3 is 10.2 Å². The summed E-state index contributed by atoms with van der Waals surface area (Å²) >= 11 is 0. The molecule has 1 heterocycles. The van der Waals surface area contributed by atoms with Crippen LogP contribution < -0.4 is 10.9 Å². The second-order valence-corrected chi connectivity index (χ2v) is 7.27. The fraction of sp³-hybridized carbons (Fsp3) is 0.273. The largest absolute Gasteiger partial charge is 0.335 e. The highest BCUT2D eigenvalue weighted by Gasteiger charge is 2.16. The molecule has 0 saturated carbocycles. The van der Waals surface area contributed by atoms with E-state index in [0.29, 0.717) is 5.39 Å². The fourth-order valence-electron chi connectivity index (χ4n) is 3.35. The second-order valence-electron chi connectivity index (χ2n) is 7.27. The van der Waals surface area contributed by atoms with E-state index < -0.39 is 0 Å². The molecule has 7 nitrogen and oxygen atoms in total. The van der Waals surface area contributed by atoms with Crippen molar-refractivity contribution in [3.05, 3.63) is 69.6 Å². The molecule has 0 saturated heterocycles. The van der Waals surface area contributed by atoms with Crippen LogP contribution in [0.4, 0.5) is 5.69 Å². The molecular weight excluding hydrogens is 368 g/mol. The maximum Gasteiger partial charge on any atom is 0.275 e. The van der Waals surface area contributed by atoms with Crippen molar-refractivity contribution < 1.29 is 9.59 Å². The van der Waals surface area contributed by atoms with Gasteiger partial charge in [0.2, 0.25) is 11.8 Å². The first-order chi connectivity index (χ1) is 13.8. The van der Waals surface area contributed by atoms with Crippen molar-refractivity contribution in [3.8, 4) is 0 Å². The Morgan fingerprint density at radius 2 is 1.76 bits per heavy atom. The minimum Gasteiger partial charge on any atom is -0.335 e. The van der Waals surface area contributed by atoms with Gasteiger partial charge in [0.1, 0.15) is 6.54 Å². The van der Waals surface area contributed by atoms with Gasteiger partial charge in [-0.25, -0.2) is 4.68 Å². The molecular formula is C22H24N4O3. The molecule has 3 rings (SSSR count). The van der Waals surface area contributed by atoms with Gasteiger partial charge >= 0.3 is 0 Å². The third-order valence-corrected chi connectivity index (χ3v) is 4.79. The maximum atomic E-state index is 12.5. The Kier molecular flexibility index (Phi) is 5.77. The lowest BCUT2D eigenvalue weighted by Crippen LogP contribution is -2.39. The van der Waals surface area contributed by atoms with Gasteiger partial charge in [-0.15, -0.1) is 0 Å². The van der Waals surface area contributed by atoms with Gasteiger partial charge in [0.25, 0.3) is 5.56 Å². The number of aryl methyl sites for hydroxylation is 3. The van der Waals surface area contributed by atoms with Crippen LogP contribution in [0.2, 0.25) is 0 Å². The van der Waals surface area contributed by atoms with Crippen LogP contribution >= 0.6 is 0 Å². The highest BCUT2D eigenvalue weighted by Crippen LogP contribution is 2.21. The monoisotopic (exact) mass is 392 g/mol. The van der Waals surface area contributed by atoms with Crippen molar-refractivity contribution >= 4 is 28.3 Å². The van der Waals surface area contributed by atoms with Gasteiger partial charge in [-0.1, -0.05) is 35.9 Å². The summed E-state index contributed by atoms with van der Waals surface area (Å²) in [5.41, 5.74) is 3.49. The van der Waals surface area contributed by atoms with Crippen molar-refractivity contribution in [2.75, 3.05) is 18.9 Å². The Labute approximate surface area is 169 Å². The number of carbonyl (C=O) groups is 2. The number of benzene rings is 2. The van der Waals surface area contributed by atoms with Crippen LogP contribution in [0.25, 0.3) is 10.8 Å². The van der Waals surface area contributed by atoms with Gasteiger partial charge in [-0.05, 0) is 38.0 Å². The number of nitrogens with one attached hydrogen (secondary N) is 1. The summed E-state index contributed by atoms with van der Waals surface area (Å²) in [7, 11) is 1.53. The van der Waals surface area contributed by atoms with E-state index in [1.165, 1.54) is 11.9 Å². The molecule has 29 heavy (non-hydrogen) atoms. The topological polar surface area (TPSA) is 84.3 Å². The smallest absolute Gasteiger partial charge is 0.275 e. The van der Waals surface area contributed by atoms with Gasteiger partial charge in [0.05, 0.1) is 18.1 Å². The summed E-state index contributed by atoms with van der Waals surface area (Å²) in [6, 6.07) is 11.1. The van der Waals surface area contributed by atoms with E-state index >= 15 is 0 Å². The Balaban J connectivity index is 1.67. The van der Waals surface area contributed by atoms with Crippen LogP contribution in [0.5, 0.6) is 0 Å². The first-order valence-corrected chi connectivity index (χ1v) is 9.33. The molecule has 0 aliphatic carbocycles. The number of hydrogen-bond donors (Lipinski definition) is 1. The number of anilines is 1. The van der Waals surface area contributed by atoms with Crippen LogP contribution in [0.1, 0.15) is 16.7 Å². The van der Waals surface area contributed by atoms with Crippen LogP contribution in [-0.4, -0.2) is 40.1 Å². The molecule has 3 aromatic rings. The summed E-state index contributed by atoms with van der Waals surface area (Å²) in [6.07, 6.45) is 1.56. The predicted octanol–water partition coefficient (Wildman–Crippen LogP) is 2.42. The van der Waals surface area contributed by atoms with Crippen molar-refractivity contribution in [1.29, 1.82) is 0 Å². The normalized spacial score (nSPS) is 10.8. The predicted molar refractivity (Wildman–Crippen MR) is 113 cm³/mol. The average Bonchev–Trinajstić information content (AvgIpc) is 2.67. The summed E-state index contributed by atoms with van der Waals surface area (Å²) in [4.78, 5) is 38.7. The van der Waals surface area contributed by atoms with E-state index in [2.05, 4.69) is 10.4 Å². The van der Waals surface area contributed by atoms with Crippen LogP contribution in [-0.2, 0) is 16.1 Å². The first-order valence-electron chi connectivity index (χ1n) is 9.33. The Bertz CT molecular complexity index is 1130. The van der Waals surface area contributed by atoms with Crippen LogP contribution in [0.15, 0.2) is 47.4 Å². The number of likely N-dealkylation sites (N-methyl/N-ethyl adjacent to an activating group) is 1. The number of rotatable bonds is 5. The minimum atomic E-state index is -0.373. The van der Waals surface area contributed by atoms with Crippen molar-refractivity contribution in [2.45, 2.75) is 27.3 Å². The lowest BCUT2D eigenvalue weighted by molar-refractivity contribution is -0.134. The van der Waals surface area contributed by atoms with E-state index in [1.807, 2.05) is 39.0 Å². The zero-order valence-corrected chi connectivity index (χ0v) is 17.0. The van der Waals surface area contributed by atoms with Gasteiger partial charge in [0.15, 0.2) is 0 Å². The van der Waals surface area contributed by atoms with Crippen molar-refractivity contribution in [1.82, 2.24) is 14.7 Å². The van der Waals surface area contributed by atoms with E-state index in [1.54, 1.807) is 24.4 Å². The molecule has 0 fully saturated rings. The Morgan fingerprint density at radius 3 is 2.45 bits per heavy atom. The first kappa shape index (κ1) is 20.3. The third-order valence-electron chi connectivity index (χ3n) is 4.79. The molecule has 1 aromatic heterocycles. The fourth-order valence-corrected chi connectivity index (χ4v) is 3.35. The van der Waals surface area contributed by atoms with Crippen molar-refractivity contribution in [2.24, 2.45) is 0 Å². The molecule has 0 radical (unpaired) electrons. The van der Waals surface area contributed by atoms with E-state index in [-0.39, 0.29) is 30.5 Å². The van der Waals surface area contributed by atoms with E-state index in [4.69, 9.17) is 0 Å². The lowest BCUT2D eigenvalue weighted by atomic mass is 10.1. The van der Waals surface area contributed by atoms with Crippen LogP contribution in [0, 0.1) is 20.8 Å². The molecule has 2 amide bonds. The quantitative estimate of drug-likeness (QED) is 0.723. The number of amides is 2. The minimum absolute atomic E-state index is 0.117. The summed E-state index contributed by atoms with van der Waals surface area (Å²) in [5, 5.41) is 8.16. The van der Waals surface area contributed by atoms with Crippen molar-refractivity contribution in [3.63, 3.8) is 0 Å². The van der Waals surface area contributed by atoms with E-state index in [0.717, 1.165) is 32.4 Å². The SMILES string of the molecule is Cc1cc(C)c(NC(=O)CN(C)C(=O)Cn2ncc3ccccc3c2=O)c(C)c1. The van der Waals surface area contributed by atoms with Gasteiger partial charge in [0, 0.05) is 18.1 Å². The Hall–Kier alpha value is -3.48. The number of hydrogen-bond acceptors (Lipinski definition) is 4. The zero-order valence-electron chi connectivity index (χ0n) is 17.0. The standard InChI is InChI=1S/C22H24N4O3/c1-14-9-15(2)21(16(3)10-14)24-19(27)12-25(4)20(28)13-26-22(29)18-8-6-5-7-17(18)11-23-26/h5-11H,12-13H2,1-4H3,(H,24,27). The lowest BCUT2D eigenvalue weighted by Gasteiger charge is -2.18. The molecule has 1 N–H and O–H groups in total. The summed E-state index contributed by atoms with van der Waals surface area (Å²) in [5.74, 6) is -0.669. The number of carbonyl (C=O) groups excluding carboxylic acids is 2. The molecule has 0 bridgehead atoms. The molecule has 0 aliphatic heterocycles. The number of aromatic nitrogens is 2. The number of nitrogens with zero attached hydrogens (tertiary/aromatic N) is 3.